The average Bonchev–Trinajstić information content (AvgIpc) is 1.08. The molecule has 1 aliphatic rings. The van der Waals surface area contributed by atoms with Crippen molar-refractivity contribution in [3.8, 4) is 5.75 Å². The van der Waals surface area contributed by atoms with Crippen molar-refractivity contribution < 1.29 is 68.1 Å². The first-order chi connectivity index (χ1) is 44.9. The zero-order valence-electron chi connectivity index (χ0n) is 57.1. The molecule has 1 fully saturated rings. The Labute approximate surface area is 565 Å². The summed E-state index contributed by atoms with van der Waals surface area (Å²) >= 11 is 1.37. The van der Waals surface area contributed by atoms with Crippen LogP contribution in [0, 0.1) is 47.3 Å². The van der Waals surface area contributed by atoms with Gasteiger partial charge in [0.15, 0.2) is 40.8 Å². The van der Waals surface area contributed by atoms with Crippen LogP contribution in [0.4, 0.5) is 0 Å². The highest BCUT2D eigenvalue weighted by Gasteiger charge is 2.38. The fraction of sp³-hybridized carbons (Fsp3) is 0.716. The summed E-state index contributed by atoms with van der Waals surface area (Å²) in [5, 5.41) is 45.5. The molecule has 0 saturated heterocycles. The summed E-state index contributed by atoms with van der Waals surface area (Å²) in [6, 6.07) is -0.428. The third kappa shape index (κ3) is 34.0. The standard InChI is InChI=1S/C67H113N13O14S/c1-39(2)29-47(61(69)90)35-55(85)52(19-14-27-75-67(72)73)78-64(93)49(32-44-20-22-50(84)23-21-44)36-56(86)51(18-11-12-25-68)77-62(91)45(17-13-26-74-66(70)71)34-59(89)60(41(5)82)80-63(92)46(24-28-95-7)33-58(88)54(38-81)79-65(94)48(31-43-15-9-8-10-16-43)37-57(87)53(30-40(3)4)76-42(6)83/h20-23,39-41,43,45-49,51-54,60,81-82,84H,8-19,24-38,68H2,1-7H3,(H2,69,90)(H,76,83)(H,77,91)(H,78,93)(H,79,94)(H,80,92)(H4,70,71,74)(H4,72,73,75)/t41-,45-,46-,47-,48-,49-,51+,52+,53+,54+,60+/m1/s1. The summed E-state index contributed by atoms with van der Waals surface area (Å²) < 4.78 is 0. The SMILES string of the molecule is CSCC[C@H](CC(=O)[C@H](CO)NC(=O)[C@@H](CC(=O)[C@H](CC(C)C)NC(C)=O)CC1CCCCC1)C(=O)N[C@H](C(=O)C[C@@H](CCCN=C(N)N)C(=O)N[C@@H](CCCCN)C(=O)C[C@@H](Cc1ccc(O)cc1)C(=O)N[C@@H](CCCN=C(N)N)C(=O)C[C@@H](CC(C)C)C(N)=O)[C@@H](C)O. The van der Waals surface area contributed by atoms with E-state index in [2.05, 4.69) is 36.6 Å². The Morgan fingerprint density at radius 2 is 1.01 bits per heavy atom. The van der Waals surface area contributed by atoms with Crippen LogP contribution in [0.25, 0.3) is 0 Å². The normalized spacial score (nSPS) is 16.0. The van der Waals surface area contributed by atoms with Crippen molar-refractivity contribution in [1.82, 2.24) is 26.6 Å². The fourth-order valence-electron chi connectivity index (χ4n) is 12.0. The second kappa shape index (κ2) is 45.4. The summed E-state index contributed by atoms with van der Waals surface area (Å²) in [7, 11) is 0. The Balaban J connectivity index is 2.54. The van der Waals surface area contributed by atoms with E-state index in [0.29, 0.717) is 43.4 Å². The Bertz CT molecular complexity index is 2680. The summed E-state index contributed by atoms with van der Waals surface area (Å²) in [6.45, 7) is 9.68. The first-order valence-electron chi connectivity index (χ1n) is 33.7. The van der Waals surface area contributed by atoms with E-state index < -0.39 is 150 Å². The predicted octanol–water partition coefficient (Wildman–Crippen LogP) is 2.17. The van der Waals surface area contributed by atoms with E-state index in [4.69, 9.17) is 34.4 Å². The zero-order valence-corrected chi connectivity index (χ0v) is 57.9. The lowest BCUT2D eigenvalue weighted by atomic mass is 9.80. The van der Waals surface area contributed by atoms with Crippen molar-refractivity contribution in [1.29, 1.82) is 0 Å². The van der Waals surface area contributed by atoms with Crippen LogP contribution in [0.3, 0.4) is 0 Å². The number of nitrogens with one attached hydrogen (secondary N) is 5. The van der Waals surface area contributed by atoms with Crippen molar-refractivity contribution in [2.24, 2.45) is 91.7 Å². The Morgan fingerprint density at radius 3 is 1.53 bits per heavy atom. The number of phenolic OH excluding ortho intramolecular Hbond substituents is 1. The number of aliphatic hydroxyl groups excluding tert-OH is 2. The molecule has 2 rings (SSSR count). The van der Waals surface area contributed by atoms with Gasteiger partial charge in [0, 0.05) is 81.7 Å². The molecule has 20 N–H and O–H groups in total. The lowest BCUT2D eigenvalue weighted by molar-refractivity contribution is -0.137. The number of unbranched alkanes of at least 4 members (excludes halogenated alkanes) is 1. The number of nitrogens with zero attached hydrogens (tertiary/aromatic N) is 2. The number of Topliss-reactive ketones (excluding diaryl/α,β-unsaturated/α-hetero) is 5. The van der Waals surface area contributed by atoms with Gasteiger partial charge in [0.1, 0.15) is 17.8 Å². The van der Waals surface area contributed by atoms with E-state index in [1.54, 1.807) is 18.4 Å². The first-order valence-corrected chi connectivity index (χ1v) is 35.1. The molecular weight excluding hydrogens is 1240 g/mol. The molecule has 0 aromatic heterocycles. The van der Waals surface area contributed by atoms with Crippen LogP contribution in [0.15, 0.2) is 34.3 Å². The van der Waals surface area contributed by atoms with Crippen LogP contribution in [0.2, 0.25) is 0 Å². The molecule has 0 radical (unpaired) electrons. The van der Waals surface area contributed by atoms with Gasteiger partial charge in [-0.3, -0.25) is 62.7 Å². The third-order valence-electron chi connectivity index (χ3n) is 17.1. The van der Waals surface area contributed by atoms with Gasteiger partial charge in [-0.05, 0) is 138 Å². The number of carbonyl (C=O) groups is 11. The molecule has 1 saturated carbocycles. The number of aliphatic imine (C=N–C) groups is 2. The summed E-state index contributed by atoms with van der Waals surface area (Å²) in [4.78, 5) is 162. The molecule has 1 aliphatic carbocycles. The number of amides is 6. The maximum atomic E-state index is 14.8. The summed E-state index contributed by atoms with van der Waals surface area (Å²) in [5.74, 6) is -12.1. The lowest BCUT2D eigenvalue weighted by Crippen LogP contribution is -2.52. The lowest BCUT2D eigenvalue weighted by Gasteiger charge is -2.29. The number of thioether (sulfide) groups is 1. The van der Waals surface area contributed by atoms with E-state index in [1.165, 1.54) is 37.7 Å². The molecule has 95 heavy (non-hydrogen) atoms. The fourth-order valence-corrected chi connectivity index (χ4v) is 12.5. The number of nitrogens with two attached hydrogens (primary N) is 6. The van der Waals surface area contributed by atoms with E-state index in [0.717, 1.165) is 32.1 Å². The van der Waals surface area contributed by atoms with Crippen LogP contribution in [-0.2, 0) is 59.2 Å². The molecule has 0 aliphatic heterocycles. The minimum Gasteiger partial charge on any atom is -0.508 e. The molecule has 0 unspecified atom stereocenters. The zero-order chi connectivity index (χ0) is 71.3. The predicted molar refractivity (Wildman–Crippen MR) is 366 cm³/mol. The number of aromatic hydroxyl groups is 1. The molecule has 28 heteroatoms. The monoisotopic (exact) mass is 1360 g/mol. The summed E-state index contributed by atoms with van der Waals surface area (Å²) in [6.07, 6.45) is 5.08. The van der Waals surface area contributed by atoms with Crippen molar-refractivity contribution in [3.05, 3.63) is 29.8 Å². The molecule has 0 spiro atoms. The molecule has 536 valence electrons. The number of aliphatic hydroxyl groups is 2. The number of rotatable bonds is 50. The largest absolute Gasteiger partial charge is 0.508 e. The van der Waals surface area contributed by atoms with E-state index in [1.807, 2.05) is 27.7 Å². The van der Waals surface area contributed by atoms with Crippen LogP contribution in [0.1, 0.15) is 182 Å². The molecule has 0 bridgehead atoms. The number of benzene rings is 1. The van der Waals surface area contributed by atoms with Crippen molar-refractivity contribution in [2.45, 2.75) is 219 Å². The van der Waals surface area contributed by atoms with Gasteiger partial charge >= 0.3 is 0 Å². The van der Waals surface area contributed by atoms with E-state index >= 15 is 0 Å². The smallest absolute Gasteiger partial charge is 0.224 e. The molecular formula is C67H113N13O14S. The highest BCUT2D eigenvalue weighted by atomic mass is 32.2. The van der Waals surface area contributed by atoms with Crippen LogP contribution in [-0.4, -0.2) is 166 Å². The van der Waals surface area contributed by atoms with E-state index in [-0.39, 0.29) is 119 Å². The number of phenols is 1. The highest BCUT2D eigenvalue weighted by molar-refractivity contribution is 7.98. The minimum absolute atomic E-state index is 0.00919. The van der Waals surface area contributed by atoms with Gasteiger partial charge in [-0.25, -0.2) is 0 Å². The van der Waals surface area contributed by atoms with Crippen LogP contribution in [0.5, 0.6) is 5.75 Å². The Morgan fingerprint density at radius 1 is 0.547 bits per heavy atom. The summed E-state index contributed by atoms with van der Waals surface area (Å²) in [5.41, 5.74) is 34.4. The topological polar surface area (TPSA) is 489 Å². The van der Waals surface area contributed by atoms with Gasteiger partial charge in [0.2, 0.25) is 35.4 Å². The highest BCUT2D eigenvalue weighted by Crippen LogP contribution is 2.32. The third-order valence-corrected chi connectivity index (χ3v) is 17.8. The minimum atomic E-state index is -1.63. The number of primary amides is 1. The molecule has 11 atom stereocenters. The van der Waals surface area contributed by atoms with Crippen LogP contribution >= 0.6 is 11.8 Å². The number of hydrogen-bond acceptors (Lipinski definition) is 18. The quantitative estimate of drug-likeness (QED) is 0.0252. The van der Waals surface area contributed by atoms with Gasteiger partial charge in [-0.2, -0.15) is 11.8 Å². The first kappa shape index (κ1) is 84.0. The Kier molecular flexibility index (Phi) is 40.2. The molecule has 27 nitrogen and oxygen atoms in total. The van der Waals surface area contributed by atoms with Gasteiger partial charge in [0.05, 0.1) is 30.8 Å². The number of carbonyl (C=O) groups excluding carboxylic acids is 11. The second-order valence-corrected chi connectivity index (χ2v) is 27.4. The molecule has 6 amide bonds. The number of ketones is 5. The molecule has 1 aromatic carbocycles. The van der Waals surface area contributed by atoms with Gasteiger partial charge < -0.3 is 76.3 Å². The van der Waals surface area contributed by atoms with Gasteiger partial charge in [-0.15, -0.1) is 0 Å². The number of hydrogen-bond donors (Lipinski definition) is 14. The maximum absolute atomic E-state index is 14.8. The van der Waals surface area contributed by atoms with Crippen molar-refractivity contribution in [2.75, 3.05) is 38.2 Å². The van der Waals surface area contributed by atoms with Crippen LogP contribution < -0.4 is 61.0 Å². The second-order valence-electron chi connectivity index (χ2n) is 26.4. The van der Waals surface area contributed by atoms with Crippen molar-refractivity contribution in [3.63, 3.8) is 0 Å². The van der Waals surface area contributed by atoms with Gasteiger partial charge in [0.25, 0.3) is 0 Å². The average molecular weight is 1360 g/mol. The molecule has 0 heterocycles. The number of guanidine groups is 2. The Hall–Kier alpha value is -7.04. The van der Waals surface area contributed by atoms with Gasteiger partial charge in [-0.1, -0.05) is 71.9 Å². The molecule has 1 aromatic rings. The van der Waals surface area contributed by atoms with Crippen molar-refractivity contribution >= 4 is 88.0 Å². The maximum Gasteiger partial charge on any atom is 0.224 e. The van der Waals surface area contributed by atoms with E-state index in [9.17, 15) is 68.1 Å².